The molecular formula is C17H15NO4. The summed E-state index contributed by atoms with van der Waals surface area (Å²) in [5.41, 5.74) is 2.47. The lowest BCUT2D eigenvalue weighted by Gasteiger charge is -2.08. The Morgan fingerprint density at radius 2 is 1.68 bits per heavy atom. The van der Waals surface area contributed by atoms with E-state index in [9.17, 15) is 14.9 Å². The van der Waals surface area contributed by atoms with Gasteiger partial charge in [0.15, 0.2) is 0 Å². The van der Waals surface area contributed by atoms with Crippen LogP contribution >= 0.6 is 0 Å². The number of carbonyl (C=O) groups is 1. The van der Waals surface area contributed by atoms with E-state index >= 15 is 0 Å². The highest BCUT2D eigenvalue weighted by Gasteiger charge is 2.07. The summed E-state index contributed by atoms with van der Waals surface area (Å²) >= 11 is 0. The zero-order valence-corrected chi connectivity index (χ0v) is 12.3. The SMILES string of the molecule is Cc1cccc(C)c1OC(=O)C=Cc1ccc([N+](=O)[O-])cc1. The minimum atomic E-state index is -0.490. The number of hydrogen-bond acceptors (Lipinski definition) is 4. The lowest BCUT2D eigenvalue weighted by Crippen LogP contribution is -2.06. The number of nitro groups is 1. The maximum Gasteiger partial charge on any atom is 0.336 e. The van der Waals surface area contributed by atoms with Crippen LogP contribution in [0, 0.1) is 24.0 Å². The van der Waals surface area contributed by atoms with Gasteiger partial charge in [0.25, 0.3) is 5.69 Å². The van der Waals surface area contributed by atoms with Crippen molar-refractivity contribution in [2.24, 2.45) is 0 Å². The maximum atomic E-state index is 11.8. The first kappa shape index (κ1) is 15.4. The van der Waals surface area contributed by atoms with Crippen molar-refractivity contribution in [2.75, 3.05) is 0 Å². The number of aryl methyl sites for hydroxylation is 2. The van der Waals surface area contributed by atoms with Gasteiger partial charge in [0.2, 0.25) is 0 Å². The van der Waals surface area contributed by atoms with Crippen LogP contribution in [-0.4, -0.2) is 10.9 Å². The number of nitro benzene ring substituents is 1. The number of benzene rings is 2. The molecule has 5 heteroatoms. The minimum absolute atomic E-state index is 0.00950. The average Bonchev–Trinajstić information content (AvgIpc) is 2.49. The van der Waals surface area contributed by atoms with E-state index in [1.54, 1.807) is 18.2 Å². The van der Waals surface area contributed by atoms with Crippen LogP contribution < -0.4 is 4.74 Å². The molecule has 0 fully saturated rings. The van der Waals surface area contributed by atoms with Gasteiger partial charge in [-0.2, -0.15) is 0 Å². The van der Waals surface area contributed by atoms with Crippen LogP contribution in [-0.2, 0) is 4.79 Å². The zero-order chi connectivity index (χ0) is 16.1. The molecule has 0 radical (unpaired) electrons. The van der Waals surface area contributed by atoms with Crippen LogP contribution in [0.5, 0.6) is 5.75 Å². The highest BCUT2D eigenvalue weighted by Crippen LogP contribution is 2.22. The smallest absolute Gasteiger partial charge is 0.336 e. The Morgan fingerprint density at radius 3 is 2.23 bits per heavy atom. The summed E-state index contributed by atoms with van der Waals surface area (Å²) < 4.78 is 5.33. The molecule has 0 aromatic heterocycles. The molecule has 0 aliphatic rings. The van der Waals surface area contributed by atoms with Gasteiger partial charge in [0, 0.05) is 18.2 Å². The quantitative estimate of drug-likeness (QED) is 0.283. The van der Waals surface area contributed by atoms with Crippen molar-refractivity contribution >= 4 is 17.7 Å². The summed E-state index contributed by atoms with van der Waals surface area (Å²) in [5, 5.41) is 10.6. The molecule has 0 spiro atoms. The molecule has 0 N–H and O–H groups in total. The number of rotatable bonds is 4. The second-order valence-corrected chi connectivity index (χ2v) is 4.82. The number of carbonyl (C=O) groups excluding carboxylic acids is 1. The van der Waals surface area contributed by atoms with E-state index in [1.165, 1.54) is 18.2 Å². The van der Waals surface area contributed by atoms with Gasteiger partial charge in [-0.1, -0.05) is 18.2 Å². The molecule has 0 saturated carbocycles. The van der Waals surface area contributed by atoms with Crippen LogP contribution in [0.1, 0.15) is 16.7 Å². The van der Waals surface area contributed by atoms with E-state index in [4.69, 9.17) is 4.74 Å². The second-order valence-electron chi connectivity index (χ2n) is 4.82. The van der Waals surface area contributed by atoms with E-state index in [1.807, 2.05) is 32.0 Å². The van der Waals surface area contributed by atoms with Crippen molar-refractivity contribution in [3.8, 4) is 5.75 Å². The lowest BCUT2D eigenvalue weighted by molar-refractivity contribution is -0.384. The predicted octanol–water partition coefficient (Wildman–Crippen LogP) is 3.83. The number of non-ortho nitro benzene ring substituents is 1. The third kappa shape index (κ3) is 3.79. The lowest BCUT2D eigenvalue weighted by atomic mass is 10.1. The van der Waals surface area contributed by atoms with Crippen molar-refractivity contribution in [2.45, 2.75) is 13.8 Å². The minimum Gasteiger partial charge on any atom is -0.423 e. The van der Waals surface area contributed by atoms with Crippen molar-refractivity contribution < 1.29 is 14.5 Å². The number of para-hydroxylation sites is 1. The number of hydrogen-bond donors (Lipinski definition) is 0. The Balaban J connectivity index is 2.07. The van der Waals surface area contributed by atoms with Gasteiger partial charge < -0.3 is 4.74 Å². The van der Waals surface area contributed by atoms with Gasteiger partial charge >= 0.3 is 5.97 Å². The monoisotopic (exact) mass is 297 g/mol. The largest absolute Gasteiger partial charge is 0.423 e. The van der Waals surface area contributed by atoms with E-state index in [0.29, 0.717) is 11.3 Å². The van der Waals surface area contributed by atoms with Crippen molar-refractivity contribution in [3.05, 3.63) is 75.3 Å². The molecule has 0 saturated heterocycles. The van der Waals surface area contributed by atoms with E-state index < -0.39 is 10.9 Å². The summed E-state index contributed by atoms with van der Waals surface area (Å²) in [7, 11) is 0. The Hall–Kier alpha value is -2.95. The Morgan fingerprint density at radius 1 is 1.09 bits per heavy atom. The first-order chi connectivity index (χ1) is 10.5. The maximum absolute atomic E-state index is 11.8. The Kier molecular flexibility index (Phi) is 4.68. The van der Waals surface area contributed by atoms with E-state index in [0.717, 1.165) is 11.1 Å². The number of ether oxygens (including phenoxy) is 1. The van der Waals surface area contributed by atoms with Crippen LogP contribution in [0.25, 0.3) is 6.08 Å². The van der Waals surface area contributed by atoms with Crippen LogP contribution in [0.2, 0.25) is 0 Å². The third-order valence-electron chi connectivity index (χ3n) is 3.13. The molecule has 112 valence electrons. The van der Waals surface area contributed by atoms with Gasteiger partial charge in [-0.15, -0.1) is 0 Å². The van der Waals surface area contributed by atoms with Crippen molar-refractivity contribution in [1.82, 2.24) is 0 Å². The predicted molar refractivity (Wildman–Crippen MR) is 83.7 cm³/mol. The highest BCUT2D eigenvalue weighted by molar-refractivity contribution is 5.89. The fourth-order valence-corrected chi connectivity index (χ4v) is 1.97. The van der Waals surface area contributed by atoms with Gasteiger partial charge in [0.1, 0.15) is 5.75 Å². The topological polar surface area (TPSA) is 69.4 Å². The Labute approximate surface area is 128 Å². The molecule has 22 heavy (non-hydrogen) atoms. The van der Waals surface area contributed by atoms with Crippen LogP contribution in [0.3, 0.4) is 0 Å². The number of nitrogens with zero attached hydrogens (tertiary/aromatic N) is 1. The third-order valence-corrected chi connectivity index (χ3v) is 3.13. The summed E-state index contributed by atoms with van der Waals surface area (Å²) in [5.74, 6) is 0.0663. The second kappa shape index (κ2) is 6.67. The molecule has 0 bridgehead atoms. The van der Waals surface area contributed by atoms with Crippen LogP contribution in [0.4, 0.5) is 5.69 Å². The highest BCUT2D eigenvalue weighted by atomic mass is 16.6. The van der Waals surface area contributed by atoms with Gasteiger partial charge in [-0.3, -0.25) is 10.1 Å². The average molecular weight is 297 g/mol. The molecule has 5 nitrogen and oxygen atoms in total. The summed E-state index contributed by atoms with van der Waals surface area (Å²) in [6, 6.07) is 11.6. The molecule has 0 aliphatic carbocycles. The zero-order valence-electron chi connectivity index (χ0n) is 12.3. The Bertz CT molecular complexity index is 713. The van der Waals surface area contributed by atoms with Crippen LogP contribution in [0.15, 0.2) is 48.5 Å². The van der Waals surface area contributed by atoms with Gasteiger partial charge in [-0.25, -0.2) is 4.79 Å². The van der Waals surface area contributed by atoms with Gasteiger partial charge in [-0.05, 0) is 48.7 Å². The number of esters is 1. The molecule has 0 atom stereocenters. The van der Waals surface area contributed by atoms with Crippen molar-refractivity contribution in [1.29, 1.82) is 0 Å². The fourth-order valence-electron chi connectivity index (χ4n) is 1.97. The summed E-state index contributed by atoms with van der Waals surface area (Å²) in [6.45, 7) is 3.74. The fraction of sp³-hybridized carbons (Fsp3) is 0.118. The summed E-state index contributed by atoms with van der Waals surface area (Å²) in [6.07, 6.45) is 2.85. The standard InChI is InChI=1S/C17H15NO4/c1-12-4-3-5-13(2)17(12)22-16(19)11-8-14-6-9-15(10-7-14)18(20)21/h3-11H,1-2H3. The normalized spacial score (nSPS) is 10.6. The first-order valence-corrected chi connectivity index (χ1v) is 6.68. The van der Waals surface area contributed by atoms with Crippen molar-refractivity contribution in [3.63, 3.8) is 0 Å². The van der Waals surface area contributed by atoms with E-state index in [-0.39, 0.29) is 5.69 Å². The first-order valence-electron chi connectivity index (χ1n) is 6.68. The molecule has 0 aliphatic heterocycles. The molecule has 0 amide bonds. The molecule has 2 rings (SSSR count). The molecule has 2 aromatic carbocycles. The molecule has 2 aromatic rings. The van der Waals surface area contributed by atoms with Gasteiger partial charge in [0.05, 0.1) is 4.92 Å². The molecule has 0 unspecified atom stereocenters. The molecular weight excluding hydrogens is 282 g/mol. The van der Waals surface area contributed by atoms with E-state index in [2.05, 4.69) is 0 Å². The molecule has 0 heterocycles. The summed E-state index contributed by atoms with van der Waals surface area (Å²) in [4.78, 5) is 21.9.